The molecule has 2 aromatic rings. The normalized spacial score (nSPS) is 21.6. The molecule has 1 amide bonds. The SMILES string of the molecule is O=C1C(=O)N(CCCN2CCOCC2)C(c2ccccc2)C1=C(O)c1ccc(Cl)cc1. The number of carbonyl (C=O) groups is 2. The number of carbonyl (C=O) groups excluding carboxylic acids is 2. The molecule has 0 bridgehead atoms. The van der Waals surface area contributed by atoms with E-state index in [-0.39, 0.29) is 11.3 Å². The standard InChI is InChI=1S/C24H25ClN2O4/c25-19-9-7-18(8-10-19)22(28)20-21(17-5-2-1-3-6-17)27(24(30)23(20)29)12-4-11-26-13-15-31-16-14-26/h1-3,5-10,21,28H,4,11-16H2. The summed E-state index contributed by atoms with van der Waals surface area (Å²) in [5, 5.41) is 11.5. The van der Waals surface area contributed by atoms with Gasteiger partial charge < -0.3 is 14.7 Å². The lowest BCUT2D eigenvalue weighted by Gasteiger charge is -2.29. The largest absolute Gasteiger partial charge is 0.507 e. The van der Waals surface area contributed by atoms with E-state index >= 15 is 0 Å². The molecule has 1 unspecified atom stereocenters. The molecule has 0 aromatic heterocycles. The molecule has 162 valence electrons. The van der Waals surface area contributed by atoms with Crippen LogP contribution in [0.2, 0.25) is 5.02 Å². The number of amides is 1. The third-order valence-electron chi connectivity index (χ3n) is 5.75. The number of likely N-dealkylation sites (tertiary alicyclic amines) is 1. The van der Waals surface area contributed by atoms with Gasteiger partial charge in [0.2, 0.25) is 0 Å². The zero-order valence-electron chi connectivity index (χ0n) is 17.2. The average Bonchev–Trinajstić information content (AvgIpc) is 3.05. The van der Waals surface area contributed by atoms with Gasteiger partial charge >= 0.3 is 0 Å². The molecule has 6 nitrogen and oxygen atoms in total. The van der Waals surface area contributed by atoms with Crippen LogP contribution < -0.4 is 0 Å². The summed E-state index contributed by atoms with van der Waals surface area (Å²) >= 11 is 5.96. The minimum atomic E-state index is -0.660. The van der Waals surface area contributed by atoms with Gasteiger partial charge in [-0.1, -0.05) is 41.9 Å². The monoisotopic (exact) mass is 440 g/mol. The highest BCUT2D eigenvalue weighted by atomic mass is 35.5. The first-order valence-corrected chi connectivity index (χ1v) is 10.8. The third-order valence-corrected chi connectivity index (χ3v) is 6.00. The maximum Gasteiger partial charge on any atom is 0.295 e. The highest BCUT2D eigenvalue weighted by Gasteiger charge is 2.45. The van der Waals surface area contributed by atoms with Crippen molar-refractivity contribution in [3.63, 3.8) is 0 Å². The Kier molecular flexibility index (Phi) is 6.70. The van der Waals surface area contributed by atoms with Gasteiger partial charge in [-0.15, -0.1) is 0 Å². The predicted octanol–water partition coefficient (Wildman–Crippen LogP) is 3.48. The predicted molar refractivity (Wildman–Crippen MR) is 119 cm³/mol. The number of aliphatic hydroxyl groups excluding tert-OH is 1. The first-order chi connectivity index (χ1) is 15.1. The lowest BCUT2D eigenvalue weighted by Crippen LogP contribution is -2.38. The number of ketones is 1. The molecule has 2 saturated heterocycles. The van der Waals surface area contributed by atoms with Crippen LogP contribution >= 0.6 is 11.6 Å². The van der Waals surface area contributed by atoms with Crippen molar-refractivity contribution in [2.75, 3.05) is 39.4 Å². The lowest BCUT2D eigenvalue weighted by atomic mass is 9.95. The van der Waals surface area contributed by atoms with Gasteiger partial charge in [-0.05, 0) is 36.2 Å². The number of hydrogen-bond donors (Lipinski definition) is 1. The van der Waals surface area contributed by atoms with E-state index in [1.807, 2.05) is 30.3 Å². The van der Waals surface area contributed by atoms with Crippen molar-refractivity contribution in [1.29, 1.82) is 0 Å². The van der Waals surface area contributed by atoms with Crippen LogP contribution in [0.4, 0.5) is 0 Å². The Hall–Kier alpha value is -2.67. The van der Waals surface area contributed by atoms with Crippen LogP contribution in [0, 0.1) is 0 Å². The number of rotatable bonds is 6. The number of aliphatic hydroxyl groups is 1. The van der Waals surface area contributed by atoms with Crippen molar-refractivity contribution in [3.05, 3.63) is 76.3 Å². The molecule has 0 radical (unpaired) electrons. The van der Waals surface area contributed by atoms with E-state index in [0.29, 0.717) is 17.1 Å². The summed E-state index contributed by atoms with van der Waals surface area (Å²) in [6.07, 6.45) is 0.733. The minimum absolute atomic E-state index is 0.116. The molecule has 2 fully saturated rings. The molecule has 0 saturated carbocycles. The van der Waals surface area contributed by atoms with Gasteiger partial charge in [0.25, 0.3) is 11.7 Å². The zero-order chi connectivity index (χ0) is 21.8. The Labute approximate surface area is 186 Å². The second-order valence-electron chi connectivity index (χ2n) is 7.72. The van der Waals surface area contributed by atoms with Crippen molar-refractivity contribution in [2.24, 2.45) is 0 Å². The molecule has 31 heavy (non-hydrogen) atoms. The molecule has 2 aliphatic rings. The molecule has 7 heteroatoms. The quantitative estimate of drug-likeness (QED) is 0.423. The number of morpholine rings is 1. The van der Waals surface area contributed by atoms with Crippen molar-refractivity contribution >= 4 is 29.1 Å². The first kappa shape index (κ1) is 21.6. The Bertz CT molecular complexity index is 969. The molecule has 2 aliphatic heterocycles. The highest BCUT2D eigenvalue weighted by molar-refractivity contribution is 6.46. The molecule has 0 aliphatic carbocycles. The van der Waals surface area contributed by atoms with E-state index in [1.165, 1.54) is 0 Å². The molecule has 1 N–H and O–H groups in total. The summed E-state index contributed by atoms with van der Waals surface area (Å²) in [6, 6.07) is 15.3. The summed E-state index contributed by atoms with van der Waals surface area (Å²) < 4.78 is 5.38. The van der Waals surface area contributed by atoms with Gasteiger partial charge in [-0.2, -0.15) is 0 Å². The van der Waals surface area contributed by atoms with Gasteiger partial charge in [-0.25, -0.2) is 0 Å². The molecule has 4 rings (SSSR count). The average molecular weight is 441 g/mol. The van der Waals surface area contributed by atoms with Gasteiger partial charge in [0, 0.05) is 36.8 Å². The number of benzene rings is 2. The van der Waals surface area contributed by atoms with Crippen molar-refractivity contribution < 1.29 is 19.4 Å². The van der Waals surface area contributed by atoms with E-state index in [9.17, 15) is 14.7 Å². The van der Waals surface area contributed by atoms with E-state index < -0.39 is 17.7 Å². The number of hydrogen-bond acceptors (Lipinski definition) is 5. The maximum atomic E-state index is 13.0. The molecule has 1 atom stereocenters. The zero-order valence-corrected chi connectivity index (χ0v) is 17.9. The summed E-state index contributed by atoms with van der Waals surface area (Å²) in [5.74, 6) is -1.42. The third kappa shape index (κ3) is 4.66. The van der Waals surface area contributed by atoms with Crippen LogP contribution in [0.1, 0.15) is 23.6 Å². The summed E-state index contributed by atoms with van der Waals surface area (Å²) in [5.41, 5.74) is 1.37. The molecular weight excluding hydrogens is 416 g/mol. The van der Waals surface area contributed by atoms with E-state index in [4.69, 9.17) is 16.3 Å². The minimum Gasteiger partial charge on any atom is -0.507 e. The van der Waals surface area contributed by atoms with Crippen LogP contribution in [0.15, 0.2) is 60.2 Å². The Morgan fingerprint density at radius 3 is 2.35 bits per heavy atom. The molecule has 2 aromatic carbocycles. The van der Waals surface area contributed by atoms with Crippen LogP contribution in [0.5, 0.6) is 0 Å². The lowest BCUT2D eigenvalue weighted by molar-refractivity contribution is -0.140. The molecular formula is C24H25ClN2O4. The van der Waals surface area contributed by atoms with E-state index in [0.717, 1.165) is 44.8 Å². The topological polar surface area (TPSA) is 70.1 Å². The van der Waals surface area contributed by atoms with Crippen molar-refractivity contribution in [1.82, 2.24) is 9.80 Å². The number of nitrogens with zero attached hydrogens (tertiary/aromatic N) is 2. The summed E-state index contributed by atoms with van der Waals surface area (Å²) in [7, 11) is 0. The van der Waals surface area contributed by atoms with Gasteiger partial charge in [0.05, 0.1) is 24.8 Å². The Morgan fingerprint density at radius 2 is 1.68 bits per heavy atom. The van der Waals surface area contributed by atoms with Crippen molar-refractivity contribution in [2.45, 2.75) is 12.5 Å². The van der Waals surface area contributed by atoms with Crippen LogP contribution in [-0.4, -0.2) is 66.0 Å². The van der Waals surface area contributed by atoms with Crippen LogP contribution in [-0.2, 0) is 14.3 Å². The number of Topliss-reactive ketones (excluding diaryl/α,β-unsaturated/α-hetero) is 1. The highest BCUT2D eigenvalue weighted by Crippen LogP contribution is 2.39. The Morgan fingerprint density at radius 1 is 1.00 bits per heavy atom. The molecule has 0 spiro atoms. The summed E-state index contributed by atoms with van der Waals surface area (Å²) in [6.45, 7) is 4.43. The number of halogens is 1. The van der Waals surface area contributed by atoms with Gasteiger partial charge in [-0.3, -0.25) is 14.5 Å². The fraction of sp³-hybridized carbons (Fsp3) is 0.333. The van der Waals surface area contributed by atoms with E-state index in [2.05, 4.69) is 4.90 Å². The fourth-order valence-corrected chi connectivity index (χ4v) is 4.27. The second-order valence-corrected chi connectivity index (χ2v) is 8.15. The first-order valence-electron chi connectivity index (χ1n) is 10.5. The second kappa shape index (κ2) is 9.64. The van der Waals surface area contributed by atoms with Crippen LogP contribution in [0.25, 0.3) is 5.76 Å². The smallest absolute Gasteiger partial charge is 0.295 e. The number of ether oxygens (including phenoxy) is 1. The van der Waals surface area contributed by atoms with Gasteiger partial charge in [0.1, 0.15) is 5.76 Å². The van der Waals surface area contributed by atoms with Gasteiger partial charge in [0.15, 0.2) is 0 Å². The Balaban J connectivity index is 1.64. The van der Waals surface area contributed by atoms with Crippen molar-refractivity contribution in [3.8, 4) is 0 Å². The van der Waals surface area contributed by atoms with E-state index in [1.54, 1.807) is 29.2 Å². The maximum absolute atomic E-state index is 13.0. The molecule has 2 heterocycles. The summed E-state index contributed by atoms with van der Waals surface area (Å²) in [4.78, 5) is 29.8. The van der Waals surface area contributed by atoms with Crippen LogP contribution in [0.3, 0.4) is 0 Å². The fourth-order valence-electron chi connectivity index (χ4n) is 4.15.